The predicted octanol–water partition coefficient (Wildman–Crippen LogP) is 3.72. The summed E-state index contributed by atoms with van der Waals surface area (Å²) >= 11 is 0. The molecule has 152 valence electrons. The first-order chi connectivity index (χ1) is 14.5. The first-order valence-electron chi connectivity index (χ1n) is 9.85. The third kappa shape index (κ3) is 4.25. The molecule has 1 aromatic carbocycles. The van der Waals surface area contributed by atoms with Crippen LogP contribution >= 0.6 is 0 Å². The van der Waals surface area contributed by atoms with Gasteiger partial charge in [-0.3, -0.25) is 14.6 Å². The van der Waals surface area contributed by atoms with Crippen molar-refractivity contribution >= 4 is 11.7 Å². The zero-order chi connectivity index (χ0) is 21.1. The van der Waals surface area contributed by atoms with E-state index in [1.165, 1.54) is 12.1 Å². The molecule has 3 heterocycles. The summed E-state index contributed by atoms with van der Waals surface area (Å²) < 4.78 is 14.3. The lowest BCUT2D eigenvalue weighted by molar-refractivity contribution is 0.0635. The topological polar surface area (TPSA) is 76.1 Å². The molecule has 1 aliphatic rings. The second-order valence-corrected chi connectivity index (χ2v) is 7.42. The number of halogens is 1. The maximum Gasteiger partial charge on any atom is 0.253 e. The van der Waals surface area contributed by atoms with E-state index in [0.29, 0.717) is 48.6 Å². The van der Waals surface area contributed by atoms with Crippen LogP contribution in [0.15, 0.2) is 55.0 Å². The minimum atomic E-state index is -0.505. The summed E-state index contributed by atoms with van der Waals surface area (Å²) in [6, 6.07) is 9.44. The molecule has 1 fully saturated rings. The third-order valence-electron chi connectivity index (χ3n) is 5.26. The number of pyridine rings is 1. The Morgan fingerprint density at radius 2 is 1.87 bits per heavy atom. The zero-order valence-electron chi connectivity index (χ0n) is 16.6. The number of aromatic nitrogens is 3. The summed E-state index contributed by atoms with van der Waals surface area (Å²) in [5, 5.41) is 0. The fraction of sp³-hybridized carbons (Fsp3) is 0.261. The molecular weight excluding hydrogens is 383 g/mol. The molecular formula is C23H21FN4O2. The van der Waals surface area contributed by atoms with Crippen LogP contribution in [0.3, 0.4) is 0 Å². The van der Waals surface area contributed by atoms with Gasteiger partial charge in [-0.15, -0.1) is 0 Å². The second-order valence-electron chi connectivity index (χ2n) is 7.42. The molecule has 0 radical (unpaired) electrons. The van der Waals surface area contributed by atoms with Gasteiger partial charge in [0.15, 0.2) is 5.78 Å². The first-order valence-corrected chi connectivity index (χ1v) is 9.85. The van der Waals surface area contributed by atoms with Gasteiger partial charge in [0, 0.05) is 48.7 Å². The fourth-order valence-electron chi connectivity index (χ4n) is 3.70. The van der Waals surface area contributed by atoms with Crippen LogP contribution in [0.1, 0.15) is 39.5 Å². The largest absolute Gasteiger partial charge is 0.338 e. The van der Waals surface area contributed by atoms with Gasteiger partial charge in [0.2, 0.25) is 0 Å². The van der Waals surface area contributed by atoms with Crippen LogP contribution in [-0.2, 0) is 0 Å². The minimum Gasteiger partial charge on any atom is -0.338 e. The molecule has 0 bridgehead atoms. The fourth-order valence-corrected chi connectivity index (χ4v) is 3.70. The van der Waals surface area contributed by atoms with Crippen LogP contribution in [0.25, 0.3) is 11.1 Å². The molecule has 4 rings (SSSR count). The van der Waals surface area contributed by atoms with Gasteiger partial charge in [0.05, 0.1) is 0 Å². The Morgan fingerprint density at radius 3 is 2.60 bits per heavy atom. The number of piperidine rings is 1. The van der Waals surface area contributed by atoms with E-state index in [4.69, 9.17) is 0 Å². The molecule has 7 heteroatoms. The van der Waals surface area contributed by atoms with Crippen molar-refractivity contribution in [2.45, 2.75) is 19.8 Å². The van der Waals surface area contributed by atoms with Crippen molar-refractivity contribution in [1.82, 2.24) is 19.9 Å². The SMILES string of the molecule is Cc1ncc(-c2cc(F)cc(C(=O)N3CCCC(C(=O)c4ccccn4)C3)c2)cn1. The molecule has 6 nitrogen and oxygen atoms in total. The van der Waals surface area contributed by atoms with Crippen molar-refractivity contribution in [2.75, 3.05) is 13.1 Å². The number of nitrogens with zero attached hydrogens (tertiary/aromatic N) is 4. The van der Waals surface area contributed by atoms with Crippen molar-refractivity contribution < 1.29 is 14.0 Å². The van der Waals surface area contributed by atoms with Crippen molar-refractivity contribution in [1.29, 1.82) is 0 Å². The normalized spacial score (nSPS) is 16.3. The Morgan fingerprint density at radius 1 is 1.07 bits per heavy atom. The van der Waals surface area contributed by atoms with Gasteiger partial charge in [-0.25, -0.2) is 14.4 Å². The number of aryl methyl sites for hydroxylation is 1. The van der Waals surface area contributed by atoms with E-state index in [2.05, 4.69) is 15.0 Å². The molecule has 0 N–H and O–H groups in total. The number of ketones is 1. The number of likely N-dealkylation sites (tertiary alicyclic amines) is 1. The summed E-state index contributed by atoms with van der Waals surface area (Å²) in [4.78, 5) is 39.9. The average molecular weight is 404 g/mol. The third-order valence-corrected chi connectivity index (χ3v) is 5.26. The van der Waals surface area contributed by atoms with Crippen LogP contribution in [0, 0.1) is 18.7 Å². The van der Waals surface area contributed by atoms with Gasteiger partial charge in [-0.1, -0.05) is 6.07 Å². The molecule has 3 aromatic rings. The predicted molar refractivity (Wildman–Crippen MR) is 109 cm³/mol. The molecule has 1 unspecified atom stereocenters. The van der Waals surface area contributed by atoms with Gasteiger partial charge in [0.1, 0.15) is 17.3 Å². The Balaban J connectivity index is 1.55. The zero-order valence-corrected chi connectivity index (χ0v) is 16.6. The van der Waals surface area contributed by atoms with E-state index in [1.54, 1.807) is 54.7 Å². The highest BCUT2D eigenvalue weighted by Crippen LogP contribution is 2.25. The molecule has 1 amide bonds. The minimum absolute atomic E-state index is 0.0650. The molecule has 0 spiro atoms. The van der Waals surface area contributed by atoms with E-state index in [0.717, 1.165) is 0 Å². The quantitative estimate of drug-likeness (QED) is 0.620. The van der Waals surface area contributed by atoms with Gasteiger partial charge >= 0.3 is 0 Å². The Bertz CT molecular complexity index is 1070. The highest BCUT2D eigenvalue weighted by Gasteiger charge is 2.30. The van der Waals surface area contributed by atoms with Crippen LogP contribution in [0.2, 0.25) is 0 Å². The average Bonchev–Trinajstić information content (AvgIpc) is 2.79. The van der Waals surface area contributed by atoms with Crippen molar-refractivity contribution in [3.63, 3.8) is 0 Å². The number of carbonyl (C=O) groups is 2. The number of hydrogen-bond donors (Lipinski definition) is 0. The summed E-state index contributed by atoms with van der Waals surface area (Å²) in [5.41, 5.74) is 1.83. The van der Waals surface area contributed by atoms with Crippen molar-refractivity contribution in [3.8, 4) is 11.1 Å². The van der Waals surface area contributed by atoms with Gasteiger partial charge < -0.3 is 4.90 Å². The lowest BCUT2D eigenvalue weighted by atomic mass is 9.91. The maximum atomic E-state index is 14.3. The van der Waals surface area contributed by atoms with E-state index in [-0.39, 0.29) is 23.2 Å². The Kier molecular flexibility index (Phi) is 5.61. The molecule has 0 aliphatic carbocycles. The highest BCUT2D eigenvalue weighted by atomic mass is 19.1. The lowest BCUT2D eigenvalue weighted by Gasteiger charge is -2.32. The number of rotatable bonds is 4. The number of hydrogen-bond acceptors (Lipinski definition) is 5. The van der Waals surface area contributed by atoms with Crippen molar-refractivity contribution in [3.05, 3.63) is 77.9 Å². The van der Waals surface area contributed by atoms with Gasteiger partial charge in [0.25, 0.3) is 5.91 Å². The molecule has 0 saturated carbocycles. The number of carbonyl (C=O) groups excluding carboxylic acids is 2. The summed E-state index contributed by atoms with van der Waals surface area (Å²) in [5.74, 6) is -0.554. The molecule has 1 saturated heterocycles. The lowest BCUT2D eigenvalue weighted by Crippen LogP contribution is -2.42. The number of amides is 1. The summed E-state index contributed by atoms with van der Waals surface area (Å²) in [7, 11) is 0. The van der Waals surface area contributed by atoms with Crippen LogP contribution in [-0.4, -0.2) is 44.6 Å². The standard InChI is InChI=1S/C23H21FN4O2/c1-15-26-12-19(13-27-15)17-9-18(11-20(24)10-17)23(30)28-8-4-5-16(14-28)22(29)21-6-2-3-7-25-21/h2-3,6-7,9-13,16H,4-5,8,14H2,1H3. The summed E-state index contributed by atoms with van der Waals surface area (Å²) in [6.45, 7) is 2.60. The molecule has 30 heavy (non-hydrogen) atoms. The Labute approximate surface area is 173 Å². The summed E-state index contributed by atoms with van der Waals surface area (Å²) in [6.07, 6.45) is 6.21. The van der Waals surface area contributed by atoms with E-state index in [9.17, 15) is 14.0 Å². The monoisotopic (exact) mass is 404 g/mol. The van der Waals surface area contributed by atoms with Gasteiger partial charge in [-0.2, -0.15) is 0 Å². The number of benzene rings is 1. The van der Waals surface area contributed by atoms with Gasteiger partial charge in [-0.05, 0) is 55.7 Å². The van der Waals surface area contributed by atoms with E-state index < -0.39 is 5.82 Å². The van der Waals surface area contributed by atoms with E-state index >= 15 is 0 Å². The molecule has 1 aliphatic heterocycles. The second kappa shape index (κ2) is 8.49. The number of Topliss-reactive ketones (excluding diaryl/α,β-unsaturated/α-hetero) is 1. The van der Waals surface area contributed by atoms with Crippen LogP contribution in [0.5, 0.6) is 0 Å². The van der Waals surface area contributed by atoms with E-state index in [1.807, 2.05) is 0 Å². The van der Waals surface area contributed by atoms with Crippen molar-refractivity contribution in [2.24, 2.45) is 5.92 Å². The smallest absolute Gasteiger partial charge is 0.253 e. The highest BCUT2D eigenvalue weighted by molar-refractivity contribution is 5.98. The van der Waals surface area contributed by atoms with Crippen LogP contribution < -0.4 is 0 Å². The Hall–Kier alpha value is -3.48. The maximum absolute atomic E-state index is 14.3. The first kappa shape index (κ1) is 19.8. The molecule has 1 atom stereocenters. The molecule has 2 aromatic heterocycles. The van der Waals surface area contributed by atoms with Crippen LogP contribution in [0.4, 0.5) is 4.39 Å².